The lowest BCUT2D eigenvalue weighted by Gasteiger charge is -2.26. The highest BCUT2D eigenvalue weighted by atomic mass is 32.2. The van der Waals surface area contributed by atoms with Crippen molar-refractivity contribution in [2.75, 3.05) is 10.8 Å². The molecule has 0 aliphatic heterocycles. The summed E-state index contributed by atoms with van der Waals surface area (Å²) in [6.07, 6.45) is -0.401. The van der Waals surface area contributed by atoms with Crippen molar-refractivity contribution >= 4 is 27.4 Å². The summed E-state index contributed by atoms with van der Waals surface area (Å²) in [6, 6.07) is 9.76. The number of benzene rings is 2. The first-order valence-electron chi connectivity index (χ1n) is 7.70. The molecule has 0 saturated heterocycles. The first-order chi connectivity index (χ1) is 12.1. The van der Waals surface area contributed by atoms with Gasteiger partial charge in [-0.25, -0.2) is 8.42 Å². The smallest absolute Gasteiger partial charge is 0.305 e. The quantitative estimate of drug-likeness (QED) is 0.585. The third-order valence-electron chi connectivity index (χ3n) is 3.99. The number of aliphatic carboxylic acids is 1. The van der Waals surface area contributed by atoms with Crippen molar-refractivity contribution in [2.24, 2.45) is 0 Å². The van der Waals surface area contributed by atoms with Crippen LogP contribution in [0.1, 0.15) is 17.5 Å². The average molecular weight is 378 g/mol. The van der Waals surface area contributed by atoms with Gasteiger partial charge < -0.3 is 5.11 Å². The Morgan fingerprint density at radius 1 is 1.19 bits per heavy atom. The Labute approximate surface area is 150 Å². The molecule has 0 amide bonds. The highest BCUT2D eigenvalue weighted by molar-refractivity contribution is 7.92. The van der Waals surface area contributed by atoms with Gasteiger partial charge >= 0.3 is 5.97 Å². The molecule has 0 spiro atoms. The molecule has 0 fully saturated rings. The molecule has 0 saturated carbocycles. The van der Waals surface area contributed by atoms with E-state index < -0.39 is 27.3 Å². The summed E-state index contributed by atoms with van der Waals surface area (Å²) < 4.78 is 27.2. The molecule has 138 valence electrons. The topological polar surface area (TPSA) is 118 Å². The molecule has 0 unspecified atom stereocenters. The van der Waals surface area contributed by atoms with Gasteiger partial charge in [0.05, 0.1) is 21.9 Å². The predicted molar refractivity (Wildman–Crippen MR) is 95.8 cm³/mol. The molecule has 0 aliphatic carbocycles. The molecule has 2 aromatic rings. The van der Waals surface area contributed by atoms with Crippen LogP contribution in [0.25, 0.3) is 0 Å². The van der Waals surface area contributed by atoms with E-state index in [0.717, 1.165) is 15.9 Å². The lowest BCUT2D eigenvalue weighted by Crippen LogP contribution is -2.33. The summed E-state index contributed by atoms with van der Waals surface area (Å²) in [4.78, 5) is 21.0. The van der Waals surface area contributed by atoms with Crippen molar-refractivity contribution in [1.82, 2.24) is 0 Å². The van der Waals surface area contributed by atoms with Gasteiger partial charge in [0.1, 0.15) is 0 Å². The van der Waals surface area contributed by atoms with E-state index in [-0.39, 0.29) is 17.1 Å². The number of sulfonamides is 1. The third-order valence-corrected chi connectivity index (χ3v) is 5.80. The summed E-state index contributed by atoms with van der Waals surface area (Å²) >= 11 is 0. The Kier molecular flexibility index (Phi) is 5.61. The van der Waals surface area contributed by atoms with Gasteiger partial charge in [0, 0.05) is 18.7 Å². The fourth-order valence-electron chi connectivity index (χ4n) is 2.46. The van der Waals surface area contributed by atoms with E-state index in [0.29, 0.717) is 11.3 Å². The first-order valence-corrected chi connectivity index (χ1v) is 9.14. The molecular formula is C17H18N2O6S. The van der Waals surface area contributed by atoms with Gasteiger partial charge in [-0.1, -0.05) is 18.2 Å². The summed E-state index contributed by atoms with van der Waals surface area (Å²) in [6.45, 7) is 3.26. The standard InChI is InChI=1S/C17H18N2O6S/c1-12-5-3-8-16(13(12)2)18(10-9-17(20)21)26(24,25)15-7-4-6-14(11-15)19(22)23/h3-8,11H,9-10H2,1-2H3,(H,20,21). The Morgan fingerprint density at radius 2 is 1.85 bits per heavy atom. The molecule has 0 heterocycles. The van der Waals surface area contributed by atoms with E-state index in [1.807, 2.05) is 13.0 Å². The Hall–Kier alpha value is -2.94. The number of nitro benzene ring substituents is 1. The fraction of sp³-hybridized carbons (Fsp3) is 0.235. The van der Waals surface area contributed by atoms with E-state index in [1.165, 1.54) is 18.2 Å². The molecule has 9 heteroatoms. The largest absolute Gasteiger partial charge is 0.481 e. The molecule has 8 nitrogen and oxygen atoms in total. The second-order valence-corrected chi connectivity index (χ2v) is 7.56. The predicted octanol–water partition coefficient (Wildman–Crippen LogP) is 2.88. The molecule has 0 aliphatic rings. The molecule has 0 aromatic heterocycles. The third kappa shape index (κ3) is 3.99. The maximum atomic E-state index is 13.1. The van der Waals surface area contributed by atoms with E-state index in [2.05, 4.69) is 0 Å². The van der Waals surface area contributed by atoms with Gasteiger partial charge in [-0.3, -0.25) is 19.2 Å². The van der Waals surface area contributed by atoms with E-state index in [9.17, 15) is 23.3 Å². The van der Waals surface area contributed by atoms with E-state index in [1.54, 1.807) is 19.1 Å². The van der Waals surface area contributed by atoms with Crippen molar-refractivity contribution in [3.63, 3.8) is 0 Å². The molecule has 2 rings (SSSR count). The second-order valence-electron chi connectivity index (χ2n) is 5.69. The number of carboxylic acids is 1. The fourth-order valence-corrected chi connectivity index (χ4v) is 4.02. The van der Waals surface area contributed by atoms with Crippen molar-refractivity contribution in [2.45, 2.75) is 25.2 Å². The summed E-state index contributed by atoms with van der Waals surface area (Å²) in [5, 5.41) is 19.9. The number of carbonyl (C=O) groups is 1. The molecular weight excluding hydrogens is 360 g/mol. The molecule has 26 heavy (non-hydrogen) atoms. The van der Waals surface area contributed by atoms with E-state index in [4.69, 9.17) is 5.11 Å². The van der Waals surface area contributed by atoms with Gasteiger partial charge in [-0.15, -0.1) is 0 Å². The molecule has 1 N–H and O–H groups in total. The van der Waals surface area contributed by atoms with Crippen LogP contribution >= 0.6 is 0 Å². The first kappa shape index (κ1) is 19.4. The SMILES string of the molecule is Cc1cccc(N(CCC(=O)O)S(=O)(=O)c2cccc([N+](=O)[O-])c2)c1C. The van der Waals surface area contributed by atoms with E-state index >= 15 is 0 Å². The molecule has 0 radical (unpaired) electrons. The van der Waals surface area contributed by atoms with Crippen molar-refractivity contribution in [3.05, 3.63) is 63.7 Å². The number of nitro groups is 1. The highest BCUT2D eigenvalue weighted by Crippen LogP contribution is 2.30. The lowest BCUT2D eigenvalue weighted by molar-refractivity contribution is -0.385. The zero-order chi connectivity index (χ0) is 19.5. The van der Waals surface area contributed by atoms with Crippen LogP contribution < -0.4 is 4.31 Å². The van der Waals surface area contributed by atoms with Crippen molar-refractivity contribution in [1.29, 1.82) is 0 Å². The van der Waals surface area contributed by atoms with Gasteiger partial charge in [-0.05, 0) is 37.1 Å². The molecule has 2 aromatic carbocycles. The van der Waals surface area contributed by atoms with Crippen LogP contribution in [0.3, 0.4) is 0 Å². The molecule has 0 atom stereocenters. The van der Waals surface area contributed by atoms with Gasteiger partial charge in [0.15, 0.2) is 0 Å². The number of hydrogen-bond acceptors (Lipinski definition) is 5. The summed E-state index contributed by atoms with van der Waals surface area (Å²) in [7, 11) is -4.18. The Morgan fingerprint density at radius 3 is 2.46 bits per heavy atom. The van der Waals surface area contributed by atoms with Crippen LogP contribution in [-0.2, 0) is 14.8 Å². The number of nitrogens with zero attached hydrogens (tertiary/aromatic N) is 2. The minimum absolute atomic E-state index is 0.266. The second kappa shape index (κ2) is 7.52. The minimum Gasteiger partial charge on any atom is -0.481 e. The number of aryl methyl sites for hydroxylation is 1. The molecule has 0 bridgehead atoms. The maximum Gasteiger partial charge on any atom is 0.305 e. The van der Waals surface area contributed by atoms with Gasteiger partial charge in [-0.2, -0.15) is 0 Å². The Balaban J connectivity index is 2.60. The van der Waals surface area contributed by atoms with Gasteiger partial charge in [0.2, 0.25) is 0 Å². The van der Waals surface area contributed by atoms with Crippen LogP contribution in [0, 0.1) is 24.0 Å². The van der Waals surface area contributed by atoms with Crippen molar-refractivity contribution in [3.8, 4) is 0 Å². The van der Waals surface area contributed by atoms with Crippen LogP contribution in [-0.4, -0.2) is 31.0 Å². The summed E-state index contributed by atoms with van der Waals surface area (Å²) in [5.41, 5.74) is 1.52. The Bertz CT molecular complexity index is 955. The zero-order valence-corrected chi connectivity index (χ0v) is 15.1. The monoisotopic (exact) mass is 378 g/mol. The van der Waals surface area contributed by atoms with Crippen LogP contribution in [0.5, 0.6) is 0 Å². The number of non-ortho nitro benzene ring substituents is 1. The zero-order valence-electron chi connectivity index (χ0n) is 14.2. The van der Waals surface area contributed by atoms with Crippen LogP contribution in [0.15, 0.2) is 47.4 Å². The van der Waals surface area contributed by atoms with Crippen LogP contribution in [0.4, 0.5) is 11.4 Å². The normalized spacial score (nSPS) is 11.2. The van der Waals surface area contributed by atoms with Crippen LogP contribution in [0.2, 0.25) is 0 Å². The van der Waals surface area contributed by atoms with Gasteiger partial charge in [0.25, 0.3) is 15.7 Å². The number of carboxylic acid groups (broad SMARTS) is 1. The number of hydrogen-bond donors (Lipinski definition) is 1. The number of anilines is 1. The number of rotatable bonds is 7. The summed E-state index contributed by atoms with van der Waals surface area (Å²) in [5.74, 6) is -1.14. The van der Waals surface area contributed by atoms with Crippen molar-refractivity contribution < 1.29 is 23.2 Å². The maximum absolute atomic E-state index is 13.1. The lowest BCUT2D eigenvalue weighted by atomic mass is 10.1. The minimum atomic E-state index is -4.18. The average Bonchev–Trinajstić information content (AvgIpc) is 2.58. The highest BCUT2D eigenvalue weighted by Gasteiger charge is 2.28.